The third kappa shape index (κ3) is 3.60. The number of fused-ring (bicyclic) bond motifs is 1. The summed E-state index contributed by atoms with van der Waals surface area (Å²) in [5.41, 5.74) is 2.12. The molecule has 1 aromatic carbocycles. The second kappa shape index (κ2) is 6.78. The molecule has 0 saturated carbocycles. The van der Waals surface area contributed by atoms with Gasteiger partial charge in [0, 0.05) is 44.0 Å². The van der Waals surface area contributed by atoms with Crippen LogP contribution in [0.2, 0.25) is 0 Å². The molecule has 23 heavy (non-hydrogen) atoms. The molecule has 1 N–H and O–H groups in total. The summed E-state index contributed by atoms with van der Waals surface area (Å²) in [6.07, 6.45) is 7.30. The Balaban J connectivity index is 1.81. The van der Waals surface area contributed by atoms with Gasteiger partial charge in [-0.15, -0.1) is 0 Å². The highest BCUT2D eigenvalue weighted by atomic mass is 32.2. The van der Waals surface area contributed by atoms with Gasteiger partial charge in [0.05, 0.1) is 5.75 Å². The Morgan fingerprint density at radius 2 is 2.04 bits per heavy atom. The Labute approximate surface area is 137 Å². The van der Waals surface area contributed by atoms with Crippen LogP contribution in [-0.2, 0) is 10.0 Å². The van der Waals surface area contributed by atoms with Crippen molar-refractivity contribution in [2.45, 2.75) is 6.92 Å². The first-order valence-corrected chi connectivity index (χ1v) is 9.37. The maximum absolute atomic E-state index is 12.3. The van der Waals surface area contributed by atoms with E-state index in [1.165, 1.54) is 0 Å². The van der Waals surface area contributed by atoms with Crippen LogP contribution >= 0.6 is 0 Å². The molecule has 0 unspecified atom stereocenters. The number of pyridine rings is 1. The molecule has 0 aliphatic carbocycles. The molecule has 1 fully saturated rings. The number of nitrogens with zero attached hydrogens (tertiary/aromatic N) is 2. The molecule has 1 aromatic heterocycles. The minimum atomic E-state index is -3.22. The summed E-state index contributed by atoms with van der Waals surface area (Å²) >= 11 is 0. The molecule has 1 saturated heterocycles. The lowest BCUT2D eigenvalue weighted by Crippen LogP contribution is -2.46. The Kier molecular flexibility index (Phi) is 4.75. The minimum absolute atomic E-state index is 0.0352. The van der Waals surface area contributed by atoms with Gasteiger partial charge in [0.2, 0.25) is 10.0 Å². The molecule has 2 heterocycles. The molecule has 0 atom stereocenters. The van der Waals surface area contributed by atoms with E-state index >= 15 is 0 Å². The average molecular weight is 331 g/mol. The van der Waals surface area contributed by atoms with Gasteiger partial charge >= 0.3 is 0 Å². The highest BCUT2D eigenvalue weighted by Crippen LogP contribution is 2.22. The van der Waals surface area contributed by atoms with E-state index in [2.05, 4.69) is 10.3 Å². The fraction of sp³-hybridized carbons (Fsp3) is 0.353. The van der Waals surface area contributed by atoms with Gasteiger partial charge in [-0.2, -0.15) is 4.31 Å². The van der Waals surface area contributed by atoms with Crippen molar-refractivity contribution < 1.29 is 8.42 Å². The van der Waals surface area contributed by atoms with Crippen molar-refractivity contribution in [1.29, 1.82) is 0 Å². The standard InChI is InChI=1S/C17H21N3O2S/c1-14-12-19-13-16-5-2-4-15(17(14)16)6-3-11-23(21,22)20-9-7-18-8-10-20/h2-6,12-13,18H,7-11H2,1H3. The molecular formula is C17H21N3O2S. The predicted molar refractivity (Wildman–Crippen MR) is 93.7 cm³/mol. The zero-order chi connectivity index (χ0) is 16.3. The first-order valence-electron chi connectivity index (χ1n) is 7.76. The van der Waals surface area contributed by atoms with Crippen molar-refractivity contribution in [2.24, 2.45) is 0 Å². The highest BCUT2D eigenvalue weighted by Gasteiger charge is 2.22. The Morgan fingerprint density at radius 1 is 1.26 bits per heavy atom. The summed E-state index contributed by atoms with van der Waals surface area (Å²) in [4.78, 5) is 4.20. The lowest BCUT2D eigenvalue weighted by atomic mass is 10.0. The first-order chi connectivity index (χ1) is 11.1. The zero-order valence-corrected chi connectivity index (χ0v) is 14.0. The van der Waals surface area contributed by atoms with E-state index in [4.69, 9.17) is 0 Å². The molecule has 5 nitrogen and oxygen atoms in total. The maximum atomic E-state index is 12.3. The first kappa shape index (κ1) is 16.1. The maximum Gasteiger partial charge on any atom is 0.217 e. The van der Waals surface area contributed by atoms with Gasteiger partial charge in [-0.3, -0.25) is 4.98 Å². The number of nitrogens with one attached hydrogen (secondary N) is 1. The number of hydrogen-bond acceptors (Lipinski definition) is 4. The van der Waals surface area contributed by atoms with Crippen LogP contribution in [0.15, 0.2) is 36.7 Å². The second-order valence-corrected chi connectivity index (χ2v) is 7.75. The van der Waals surface area contributed by atoms with Crippen LogP contribution in [0.25, 0.3) is 16.8 Å². The largest absolute Gasteiger partial charge is 0.314 e. The molecule has 3 rings (SSSR count). The van der Waals surface area contributed by atoms with E-state index in [1.54, 1.807) is 10.4 Å². The van der Waals surface area contributed by atoms with Crippen LogP contribution in [0.5, 0.6) is 0 Å². The van der Waals surface area contributed by atoms with Gasteiger partial charge in [0.1, 0.15) is 0 Å². The van der Waals surface area contributed by atoms with Gasteiger partial charge in [0.25, 0.3) is 0 Å². The molecule has 0 amide bonds. The molecule has 2 aromatic rings. The molecule has 0 radical (unpaired) electrons. The number of rotatable bonds is 4. The summed E-state index contributed by atoms with van der Waals surface area (Å²) in [7, 11) is -3.22. The molecular weight excluding hydrogens is 310 g/mol. The van der Waals surface area contributed by atoms with E-state index in [0.29, 0.717) is 13.1 Å². The molecule has 1 aliphatic rings. The lowest BCUT2D eigenvalue weighted by Gasteiger charge is -2.26. The summed E-state index contributed by atoms with van der Waals surface area (Å²) < 4.78 is 26.2. The SMILES string of the molecule is Cc1cncc2cccc(C=CCS(=O)(=O)N3CCNCC3)c12. The number of hydrogen-bond donors (Lipinski definition) is 1. The van der Waals surface area contributed by atoms with Crippen molar-refractivity contribution in [2.75, 3.05) is 31.9 Å². The highest BCUT2D eigenvalue weighted by molar-refractivity contribution is 7.89. The summed E-state index contributed by atoms with van der Waals surface area (Å²) in [6.45, 7) is 4.56. The van der Waals surface area contributed by atoms with Gasteiger partial charge in [-0.05, 0) is 23.4 Å². The van der Waals surface area contributed by atoms with Crippen molar-refractivity contribution in [3.8, 4) is 0 Å². The van der Waals surface area contributed by atoms with Crippen molar-refractivity contribution in [1.82, 2.24) is 14.6 Å². The second-order valence-electron chi connectivity index (χ2n) is 5.73. The van der Waals surface area contributed by atoms with E-state index in [1.807, 2.05) is 43.6 Å². The minimum Gasteiger partial charge on any atom is -0.314 e. The van der Waals surface area contributed by atoms with Crippen LogP contribution in [0.3, 0.4) is 0 Å². The third-order valence-corrected chi connectivity index (χ3v) is 5.84. The normalized spacial score (nSPS) is 17.1. The summed E-state index contributed by atoms with van der Waals surface area (Å²) in [5.74, 6) is 0.0352. The molecule has 1 aliphatic heterocycles. The van der Waals surface area contributed by atoms with E-state index < -0.39 is 10.0 Å². The van der Waals surface area contributed by atoms with Crippen molar-refractivity contribution in [3.63, 3.8) is 0 Å². The van der Waals surface area contributed by atoms with Crippen LogP contribution in [0.1, 0.15) is 11.1 Å². The third-order valence-electron chi connectivity index (χ3n) is 4.08. The van der Waals surface area contributed by atoms with Crippen LogP contribution in [-0.4, -0.2) is 49.6 Å². The fourth-order valence-corrected chi connectivity index (χ4v) is 4.20. The van der Waals surface area contributed by atoms with E-state index in [9.17, 15) is 8.42 Å². The monoisotopic (exact) mass is 331 g/mol. The fourth-order valence-electron chi connectivity index (χ4n) is 2.91. The van der Waals surface area contributed by atoms with Gasteiger partial charge in [0.15, 0.2) is 0 Å². The van der Waals surface area contributed by atoms with Crippen LogP contribution in [0, 0.1) is 6.92 Å². The smallest absolute Gasteiger partial charge is 0.217 e. The average Bonchev–Trinajstić information content (AvgIpc) is 2.56. The number of benzene rings is 1. The van der Waals surface area contributed by atoms with E-state index in [-0.39, 0.29) is 5.75 Å². The summed E-state index contributed by atoms with van der Waals surface area (Å²) in [5, 5.41) is 5.36. The number of aromatic nitrogens is 1. The number of piperazine rings is 1. The topological polar surface area (TPSA) is 62.3 Å². The van der Waals surface area contributed by atoms with Gasteiger partial charge < -0.3 is 5.32 Å². The predicted octanol–water partition coefficient (Wildman–Crippen LogP) is 1.79. The Hall–Kier alpha value is -1.76. The van der Waals surface area contributed by atoms with Crippen LogP contribution < -0.4 is 5.32 Å². The quantitative estimate of drug-likeness (QED) is 0.928. The van der Waals surface area contributed by atoms with Crippen LogP contribution in [0.4, 0.5) is 0 Å². The zero-order valence-electron chi connectivity index (χ0n) is 13.2. The Bertz CT molecular complexity index is 820. The van der Waals surface area contributed by atoms with E-state index in [0.717, 1.165) is 35.0 Å². The number of aryl methyl sites for hydroxylation is 1. The van der Waals surface area contributed by atoms with Gasteiger partial charge in [-0.1, -0.05) is 30.4 Å². The number of sulfonamides is 1. The van der Waals surface area contributed by atoms with Crippen molar-refractivity contribution in [3.05, 3.63) is 47.8 Å². The lowest BCUT2D eigenvalue weighted by molar-refractivity contribution is 0.361. The molecule has 0 spiro atoms. The molecule has 0 bridgehead atoms. The molecule has 122 valence electrons. The summed E-state index contributed by atoms with van der Waals surface area (Å²) in [6, 6.07) is 5.99. The van der Waals surface area contributed by atoms with Crippen molar-refractivity contribution >= 4 is 26.9 Å². The van der Waals surface area contributed by atoms with Gasteiger partial charge in [-0.25, -0.2) is 8.42 Å². The Morgan fingerprint density at radius 3 is 2.83 bits per heavy atom. The molecule has 6 heteroatoms.